The van der Waals surface area contributed by atoms with E-state index in [4.69, 9.17) is 5.73 Å². The maximum Gasteiger partial charge on any atom is 0.333 e. The molecule has 4 rings (SSSR count). The zero-order chi connectivity index (χ0) is 16.8. The second-order valence-electron chi connectivity index (χ2n) is 4.94. The van der Waals surface area contributed by atoms with Crippen LogP contribution >= 0.6 is 0 Å². The van der Waals surface area contributed by atoms with Crippen LogP contribution in [0.3, 0.4) is 0 Å². The van der Waals surface area contributed by atoms with Crippen LogP contribution in [-0.2, 0) is 0 Å². The van der Waals surface area contributed by atoms with E-state index in [1.165, 1.54) is 10.7 Å². The van der Waals surface area contributed by atoms with Gasteiger partial charge in [0.15, 0.2) is 11.5 Å². The van der Waals surface area contributed by atoms with Crippen LogP contribution in [0.25, 0.3) is 27.9 Å². The minimum absolute atomic E-state index is 0.0419. The van der Waals surface area contributed by atoms with Crippen LogP contribution in [0.4, 0.5) is 14.7 Å². The molecule has 0 aliphatic heterocycles. The van der Waals surface area contributed by atoms with E-state index in [0.29, 0.717) is 32.4 Å². The Kier molecular flexibility index (Phi) is 2.89. The number of halogens is 2. The number of benzene rings is 1. The number of nitrogen functional groups attached to an aromatic ring is 1. The van der Waals surface area contributed by atoms with Crippen LogP contribution in [0.15, 0.2) is 30.6 Å². The lowest BCUT2D eigenvalue weighted by Gasteiger charge is -2.02. The predicted octanol–water partition coefficient (Wildman–Crippen LogP) is 1.99. The third-order valence-electron chi connectivity index (χ3n) is 3.51. The molecule has 0 amide bonds. The van der Waals surface area contributed by atoms with E-state index >= 15 is 0 Å². The van der Waals surface area contributed by atoms with Crippen molar-refractivity contribution in [3.63, 3.8) is 0 Å². The fraction of sp³-hybridized carbons (Fsp3) is 0.0714. The Morgan fingerprint density at radius 2 is 2.08 bits per heavy atom. The highest BCUT2D eigenvalue weighted by Gasteiger charge is 2.17. The summed E-state index contributed by atoms with van der Waals surface area (Å²) in [5.74, 6) is 0.227. The minimum atomic E-state index is -2.75. The summed E-state index contributed by atoms with van der Waals surface area (Å²) in [5.41, 5.74) is 7.36. The van der Waals surface area contributed by atoms with Crippen molar-refractivity contribution in [3.8, 4) is 17.5 Å². The van der Waals surface area contributed by atoms with Gasteiger partial charge in [0.05, 0.1) is 22.8 Å². The van der Waals surface area contributed by atoms with Gasteiger partial charge in [0.25, 0.3) is 0 Å². The first kappa shape index (κ1) is 14.0. The van der Waals surface area contributed by atoms with Crippen molar-refractivity contribution in [1.82, 2.24) is 29.4 Å². The molecule has 0 saturated carbocycles. The fourth-order valence-electron chi connectivity index (χ4n) is 2.43. The van der Waals surface area contributed by atoms with Crippen molar-refractivity contribution in [3.05, 3.63) is 36.2 Å². The molecule has 24 heavy (non-hydrogen) atoms. The van der Waals surface area contributed by atoms with Gasteiger partial charge in [-0.3, -0.25) is 0 Å². The normalized spacial score (nSPS) is 11.4. The maximum atomic E-state index is 12.7. The van der Waals surface area contributed by atoms with Crippen molar-refractivity contribution in [1.29, 1.82) is 5.26 Å². The second-order valence-corrected chi connectivity index (χ2v) is 4.94. The summed E-state index contributed by atoms with van der Waals surface area (Å²) >= 11 is 0. The standard InChI is InChI=1S/C14H8F2N8/c15-13(16)23-6-8(5-19-23)11-21-12-9-3-1-2-7(4-17)10(9)20-14(18)24(12)22-11/h1-3,5-6,13H,(H2,18,20). The quantitative estimate of drug-likeness (QED) is 0.603. The van der Waals surface area contributed by atoms with E-state index in [0.717, 1.165) is 6.20 Å². The van der Waals surface area contributed by atoms with E-state index in [1.807, 2.05) is 6.07 Å². The average Bonchev–Trinajstić information content (AvgIpc) is 3.22. The van der Waals surface area contributed by atoms with Crippen LogP contribution in [0.5, 0.6) is 0 Å². The number of nitrogens with two attached hydrogens (primary N) is 1. The number of aromatic nitrogens is 6. The molecule has 0 spiro atoms. The molecule has 2 N–H and O–H groups in total. The van der Waals surface area contributed by atoms with Crippen molar-refractivity contribution in [2.24, 2.45) is 0 Å². The summed E-state index contributed by atoms with van der Waals surface area (Å²) in [6.45, 7) is -2.75. The number of nitrogens with zero attached hydrogens (tertiary/aromatic N) is 7. The van der Waals surface area contributed by atoms with Crippen LogP contribution < -0.4 is 5.73 Å². The first-order chi connectivity index (χ1) is 11.6. The van der Waals surface area contributed by atoms with Crippen molar-refractivity contribution < 1.29 is 8.78 Å². The predicted molar refractivity (Wildman–Crippen MR) is 79.9 cm³/mol. The minimum Gasteiger partial charge on any atom is -0.368 e. The van der Waals surface area contributed by atoms with E-state index in [1.54, 1.807) is 18.2 Å². The Balaban J connectivity index is 1.99. The van der Waals surface area contributed by atoms with Gasteiger partial charge in [0.2, 0.25) is 5.95 Å². The summed E-state index contributed by atoms with van der Waals surface area (Å²) in [6.07, 6.45) is 2.39. The summed E-state index contributed by atoms with van der Waals surface area (Å²) in [6, 6.07) is 7.10. The molecule has 0 fully saturated rings. The molecule has 0 aliphatic carbocycles. The Labute approximate surface area is 132 Å². The number of hydrogen-bond acceptors (Lipinski definition) is 6. The SMILES string of the molecule is N#Cc1cccc2c1nc(N)n1nc(-c3cnn(C(F)F)c3)nc21. The first-order valence-electron chi connectivity index (χ1n) is 6.76. The number of alkyl halides is 2. The van der Waals surface area contributed by atoms with Crippen molar-refractivity contribution in [2.75, 3.05) is 5.73 Å². The molecule has 0 saturated heterocycles. The van der Waals surface area contributed by atoms with Gasteiger partial charge in [-0.1, -0.05) is 6.07 Å². The van der Waals surface area contributed by atoms with E-state index in [9.17, 15) is 14.0 Å². The molecular formula is C14H8F2N8. The van der Waals surface area contributed by atoms with Crippen molar-refractivity contribution >= 4 is 22.5 Å². The van der Waals surface area contributed by atoms with Gasteiger partial charge in [-0.25, -0.2) is 14.6 Å². The smallest absolute Gasteiger partial charge is 0.333 e. The van der Waals surface area contributed by atoms with Gasteiger partial charge in [0.1, 0.15) is 6.07 Å². The lowest BCUT2D eigenvalue weighted by Crippen LogP contribution is -2.03. The number of fused-ring (bicyclic) bond motifs is 3. The molecule has 0 bridgehead atoms. The highest BCUT2D eigenvalue weighted by Crippen LogP contribution is 2.25. The number of hydrogen-bond donors (Lipinski definition) is 1. The molecule has 8 nitrogen and oxygen atoms in total. The number of nitriles is 1. The van der Waals surface area contributed by atoms with Crippen LogP contribution in [-0.4, -0.2) is 29.4 Å². The van der Waals surface area contributed by atoms with Gasteiger partial charge in [-0.15, -0.1) is 5.10 Å². The van der Waals surface area contributed by atoms with Gasteiger partial charge in [0, 0.05) is 11.6 Å². The highest BCUT2D eigenvalue weighted by molar-refractivity contribution is 5.95. The largest absolute Gasteiger partial charge is 0.368 e. The van der Waals surface area contributed by atoms with Gasteiger partial charge in [-0.05, 0) is 12.1 Å². The Morgan fingerprint density at radius 1 is 1.25 bits per heavy atom. The molecule has 4 aromatic rings. The van der Waals surface area contributed by atoms with Gasteiger partial charge in [-0.2, -0.15) is 23.7 Å². The lowest BCUT2D eigenvalue weighted by molar-refractivity contribution is 0.0566. The van der Waals surface area contributed by atoms with Crippen LogP contribution in [0.2, 0.25) is 0 Å². The van der Waals surface area contributed by atoms with Crippen LogP contribution in [0, 0.1) is 11.3 Å². The number of para-hydroxylation sites is 1. The Bertz CT molecular complexity index is 1120. The van der Waals surface area contributed by atoms with Crippen LogP contribution in [0.1, 0.15) is 12.1 Å². The van der Waals surface area contributed by atoms with Gasteiger partial charge >= 0.3 is 6.55 Å². The van der Waals surface area contributed by atoms with E-state index < -0.39 is 6.55 Å². The number of rotatable bonds is 2. The highest BCUT2D eigenvalue weighted by atomic mass is 19.3. The average molecular weight is 326 g/mol. The molecule has 10 heteroatoms. The third kappa shape index (κ3) is 1.95. The zero-order valence-corrected chi connectivity index (χ0v) is 11.9. The first-order valence-corrected chi connectivity index (χ1v) is 6.76. The summed E-state index contributed by atoms with van der Waals surface area (Å²) in [7, 11) is 0. The fourth-order valence-corrected chi connectivity index (χ4v) is 2.43. The monoisotopic (exact) mass is 326 g/mol. The van der Waals surface area contributed by atoms with Gasteiger partial charge < -0.3 is 5.73 Å². The number of anilines is 1. The molecule has 3 heterocycles. The molecule has 1 aromatic carbocycles. The molecule has 0 aliphatic rings. The topological polar surface area (TPSA) is 111 Å². The zero-order valence-electron chi connectivity index (χ0n) is 11.9. The third-order valence-corrected chi connectivity index (χ3v) is 3.51. The summed E-state index contributed by atoms with van der Waals surface area (Å²) in [4.78, 5) is 8.53. The maximum absolute atomic E-state index is 12.7. The molecule has 0 atom stereocenters. The molecule has 0 unspecified atom stereocenters. The Hall–Kier alpha value is -3.61. The molecule has 0 radical (unpaired) electrons. The summed E-state index contributed by atoms with van der Waals surface area (Å²) in [5, 5.41) is 17.5. The van der Waals surface area contributed by atoms with E-state index in [-0.39, 0.29) is 11.8 Å². The Morgan fingerprint density at radius 3 is 2.79 bits per heavy atom. The van der Waals surface area contributed by atoms with Crippen molar-refractivity contribution in [2.45, 2.75) is 6.55 Å². The van der Waals surface area contributed by atoms with E-state index in [2.05, 4.69) is 20.2 Å². The molecule has 3 aromatic heterocycles. The molecule has 118 valence electrons. The summed E-state index contributed by atoms with van der Waals surface area (Å²) < 4.78 is 27.1. The lowest BCUT2D eigenvalue weighted by atomic mass is 10.1. The second kappa shape index (κ2) is 4.95. The molecular weight excluding hydrogens is 318 g/mol.